The highest BCUT2D eigenvalue weighted by molar-refractivity contribution is 8.00. The van der Waals surface area contributed by atoms with Crippen molar-refractivity contribution >= 4 is 46.3 Å². The van der Waals surface area contributed by atoms with Crippen LogP contribution in [0.4, 0.5) is 0 Å². The summed E-state index contributed by atoms with van der Waals surface area (Å²) >= 11 is 1.12. The standard InChI is InChI=1S/C15H17N3O8S2/c1-8(19)26-5-9-6-27-14-15(25-2,13(23)18(14)11(9)12(21)22)17-10(20)7-28(24)4-3-16/h14H,4-7H2,1-2H3,(H,17,20)(H,21,22)/t14-,15-,28?/m0/s1. The number of hydrogen-bond donors (Lipinski definition) is 2. The fourth-order valence-electron chi connectivity index (χ4n) is 2.76. The SMILES string of the molecule is CO[C@@]1(NC(=O)CS(=O)CC#N)C(=O)N2C(C(=O)O)=C(COC(C)=O)CS[C@H]21. The van der Waals surface area contributed by atoms with Crippen molar-refractivity contribution in [3.63, 3.8) is 0 Å². The molecule has 0 aliphatic carbocycles. The van der Waals surface area contributed by atoms with Crippen molar-refractivity contribution in [2.24, 2.45) is 0 Å². The molecule has 2 aliphatic rings. The lowest BCUT2D eigenvalue weighted by molar-refractivity contribution is -0.192. The first-order chi connectivity index (χ1) is 13.2. The molecule has 2 rings (SSSR count). The predicted molar refractivity (Wildman–Crippen MR) is 95.8 cm³/mol. The second-order valence-electron chi connectivity index (χ2n) is 5.75. The van der Waals surface area contributed by atoms with Gasteiger partial charge in [0.25, 0.3) is 11.6 Å². The maximum absolute atomic E-state index is 12.7. The van der Waals surface area contributed by atoms with Gasteiger partial charge in [0.1, 0.15) is 29.2 Å². The molecule has 1 unspecified atom stereocenters. The summed E-state index contributed by atoms with van der Waals surface area (Å²) in [4.78, 5) is 48.5. The van der Waals surface area contributed by atoms with Crippen LogP contribution in [0.5, 0.6) is 0 Å². The zero-order valence-corrected chi connectivity index (χ0v) is 16.6. The van der Waals surface area contributed by atoms with Crippen LogP contribution in [0.3, 0.4) is 0 Å². The molecule has 28 heavy (non-hydrogen) atoms. The van der Waals surface area contributed by atoms with E-state index >= 15 is 0 Å². The maximum Gasteiger partial charge on any atom is 0.352 e. The van der Waals surface area contributed by atoms with Gasteiger partial charge >= 0.3 is 11.9 Å². The highest BCUT2D eigenvalue weighted by Gasteiger charge is 2.66. The molecule has 0 saturated carbocycles. The van der Waals surface area contributed by atoms with E-state index in [1.165, 1.54) is 14.0 Å². The Morgan fingerprint density at radius 1 is 1.50 bits per heavy atom. The van der Waals surface area contributed by atoms with Crippen LogP contribution in [-0.2, 0) is 39.5 Å². The molecule has 0 aromatic rings. The lowest BCUT2D eigenvalue weighted by atomic mass is 9.98. The molecule has 152 valence electrons. The maximum atomic E-state index is 12.7. The van der Waals surface area contributed by atoms with Gasteiger partial charge in [0.15, 0.2) is 0 Å². The minimum Gasteiger partial charge on any atom is -0.477 e. The summed E-state index contributed by atoms with van der Waals surface area (Å²) in [7, 11) is -0.544. The third kappa shape index (κ3) is 4.03. The van der Waals surface area contributed by atoms with E-state index in [2.05, 4.69) is 5.32 Å². The molecule has 13 heteroatoms. The van der Waals surface area contributed by atoms with Gasteiger partial charge in [-0.2, -0.15) is 5.26 Å². The number of aliphatic carboxylic acids is 1. The highest BCUT2D eigenvalue weighted by atomic mass is 32.2. The van der Waals surface area contributed by atoms with Gasteiger partial charge in [-0.25, -0.2) is 4.79 Å². The first-order valence-corrected chi connectivity index (χ1v) is 10.3. The number of methoxy groups -OCH3 is 1. The Morgan fingerprint density at radius 3 is 2.71 bits per heavy atom. The van der Waals surface area contributed by atoms with Crippen molar-refractivity contribution in [1.82, 2.24) is 10.2 Å². The van der Waals surface area contributed by atoms with Crippen LogP contribution in [0.1, 0.15) is 6.92 Å². The lowest BCUT2D eigenvalue weighted by Gasteiger charge is -2.55. The van der Waals surface area contributed by atoms with Crippen LogP contribution in [0.25, 0.3) is 0 Å². The molecule has 0 aromatic heterocycles. The first-order valence-electron chi connectivity index (χ1n) is 7.80. The van der Waals surface area contributed by atoms with E-state index in [4.69, 9.17) is 14.7 Å². The van der Waals surface area contributed by atoms with E-state index < -0.39 is 51.4 Å². The van der Waals surface area contributed by atoms with E-state index in [1.807, 2.05) is 0 Å². The minimum absolute atomic E-state index is 0.130. The number of β-lactam (4-membered cyclic amide) rings is 1. The summed E-state index contributed by atoms with van der Waals surface area (Å²) < 4.78 is 21.6. The van der Waals surface area contributed by atoms with Gasteiger partial charge in [-0.1, -0.05) is 0 Å². The number of nitriles is 1. The number of ether oxygens (including phenoxy) is 2. The average molecular weight is 431 g/mol. The Kier molecular flexibility index (Phi) is 6.81. The van der Waals surface area contributed by atoms with E-state index in [0.29, 0.717) is 0 Å². The summed E-state index contributed by atoms with van der Waals surface area (Å²) in [5.41, 5.74) is -1.90. The summed E-state index contributed by atoms with van der Waals surface area (Å²) in [6.45, 7) is 0.899. The summed E-state index contributed by atoms with van der Waals surface area (Å²) in [6.07, 6.45) is 0. The molecule has 0 spiro atoms. The molecular formula is C15H17N3O8S2. The number of carboxylic acids is 1. The molecule has 0 radical (unpaired) electrons. The van der Waals surface area contributed by atoms with Crippen molar-refractivity contribution in [3.05, 3.63) is 11.3 Å². The number of rotatable bonds is 8. The number of carboxylic acid groups (broad SMARTS) is 1. The van der Waals surface area contributed by atoms with Gasteiger partial charge in [-0.15, -0.1) is 11.8 Å². The molecule has 1 saturated heterocycles. The number of amides is 2. The normalized spacial score (nSPS) is 24.5. The number of carbonyl (C=O) groups excluding carboxylic acids is 3. The molecule has 11 nitrogen and oxygen atoms in total. The molecular weight excluding hydrogens is 414 g/mol. The van der Waals surface area contributed by atoms with E-state index in [-0.39, 0.29) is 29.4 Å². The lowest BCUT2D eigenvalue weighted by Crippen LogP contribution is -2.81. The van der Waals surface area contributed by atoms with Gasteiger partial charge < -0.3 is 19.9 Å². The van der Waals surface area contributed by atoms with Gasteiger partial charge in [-0.05, 0) is 0 Å². The summed E-state index contributed by atoms with van der Waals surface area (Å²) in [6, 6.07) is 1.68. The smallest absolute Gasteiger partial charge is 0.352 e. The van der Waals surface area contributed by atoms with Crippen LogP contribution in [0, 0.1) is 11.3 Å². The minimum atomic E-state index is -1.81. The Bertz CT molecular complexity index is 821. The fourth-order valence-corrected chi connectivity index (χ4v) is 4.79. The Hall–Kier alpha value is -2.43. The average Bonchev–Trinajstić information content (AvgIpc) is 2.63. The van der Waals surface area contributed by atoms with Crippen LogP contribution in [0.2, 0.25) is 0 Å². The van der Waals surface area contributed by atoms with Crippen LogP contribution in [-0.4, -0.2) is 80.0 Å². The molecule has 0 bridgehead atoms. The molecule has 0 aromatic carbocycles. The van der Waals surface area contributed by atoms with Gasteiger partial charge in [0.05, 0.1) is 6.07 Å². The Morgan fingerprint density at radius 2 is 2.18 bits per heavy atom. The van der Waals surface area contributed by atoms with Crippen molar-refractivity contribution < 1.29 is 38.0 Å². The van der Waals surface area contributed by atoms with E-state index in [1.54, 1.807) is 6.07 Å². The largest absolute Gasteiger partial charge is 0.477 e. The van der Waals surface area contributed by atoms with Crippen LogP contribution < -0.4 is 5.32 Å². The monoisotopic (exact) mass is 431 g/mol. The molecule has 2 N–H and O–H groups in total. The number of carbonyl (C=O) groups is 4. The number of esters is 1. The van der Waals surface area contributed by atoms with Gasteiger partial charge in [-0.3, -0.25) is 23.5 Å². The van der Waals surface area contributed by atoms with Crippen LogP contribution in [0.15, 0.2) is 11.3 Å². The molecule has 1 fully saturated rings. The van der Waals surface area contributed by atoms with Gasteiger partial charge in [0, 0.05) is 36.2 Å². The third-order valence-corrected chi connectivity index (χ3v) is 6.34. The summed E-state index contributed by atoms with van der Waals surface area (Å²) in [5.74, 6) is -4.26. The third-order valence-electron chi connectivity index (χ3n) is 3.93. The second kappa shape index (κ2) is 8.72. The van der Waals surface area contributed by atoms with Crippen molar-refractivity contribution in [2.75, 3.05) is 31.0 Å². The van der Waals surface area contributed by atoms with Crippen LogP contribution >= 0.6 is 11.8 Å². The van der Waals surface area contributed by atoms with Crippen molar-refractivity contribution in [3.8, 4) is 6.07 Å². The first kappa shape index (κ1) is 21.9. The quantitative estimate of drug-likeness (QED) is 0.263. The topological polar surface area (TPSA) is 163 Å². The molecule has 2 heterocycles. The fraction of sp³-hybridized carbons (Fsp3) is 0.533. The molecule has 2 amide bonds. The summed E-state index contributed by atoms with van der Waals surface area (Å²) in [5, 5.41) is 19.5. The number of nitrogens with zero attached hydrogens (tertiary/aromatic N) is 2. The Labute approximate surface area is 166 Å². The van der Waals surface area contributed by atoms with Crippen molar-refractivity contribution in [1.29, 1.82) is 5.26 Å². The zero-order chi connectivity index (χ0) is 21.1. The molecule has 2 aliphatic heterocycles. The molecule has 3 atom stereocenters. The van der Waals surface area contributed by atoms with Gasteiger partial charge in [0.2, 0.25) is 5.91 Å². The number of nitrogens with one attached hydrogen (secondary N) is 1. The van der Waals surface area contributed by atoms with E-state index in [9.17, 15) is 28.5 Å². The highest BCUT2D eigenvalue weighted by Crippen LogP contribution is 2.46. The van der Waals surface area contributed by atoms with E-state index in [0.717, 1.165) is 16.7 Å². The number of thioether (sulfide) groups is 1. The van der Waals surface area contributed by atoms with Crippen molar-refractivity contribution in [2.45, 2.75) is 18.0 Å². The zero-order valence-electron chi connectivity index (χ0n) is 14.9. The Balaban J connectivity index is 2.23. The number of hydrogen-bond acceptors (Lipinski definition) is 9. The predicted octanol–water partition coefficient (Wildman–Crippen LogP) is -1.47. The second-order valence-corrected chi connectivity index (χ2v) is 8.28. The number of fused-ring (bicyclic) bond motifs is 1.